The molecule has 0 fully saturated rings. The van der Waals surface area contributed by atoms with Crippen LogP contribution in [-0.2, 0) is 6.54 Å². The molecule has 0 amide bonds. The number of aromatic nitrogens is 1. The molecule has 0 saturated heterocycles. The van der Waals surface area contributed by atoms with Gasteiger partial charge in [0.1, 0.15) is 12.0 Å². The lowest BCUT2D eigenvalue weighted by molar-refractivity contribution is 0.498. The molecule has 0 spiro atoms. The number of halogens is 1. The Morgan fingerprint density at radius 2 is 2.38 bits per heavy atom. The highest BCUT2D eigenvalue weighted by Gasteiger charge is 2.06. The second-order valence-corrected chi connectivity index (χ2v) is 4.90. The van der Waals surface area contributed by atoms with Crippen molar-refractivity contribution in [3.63, 3.8) is 0 Å². The maximum atomic E-state index is 5.38. The van der Waals surface area contributed by atoms with E-state index in [1.165, 1.54) is 0 Å². The Morgan fingerprint density at radius 3 is 2.92 bits per heavy atom. The summed E-state index contributed by atoms with van der Waals surface area (Å²) >= 11 is 5.01. The van der Waals surface area contributed by atoms with E-state index >= 15 is 0 Å². The molecule has 2 heterocycles. The van der Waals surface area contributed by atoms with Crippen molar-refractivity contribution in [1.82, 2.24) is 4.98 Å². The molecule has 5 heteroatoms. The summed E-state index contributed by atoms with van der Waals surface area (Å²) in [5.74, 6) is 0.569. The van der Waals surface area contributed by atoms with E-state index in [9.17, 15) is 0 Å². The Morgan fingerprint density at radius 1 is 1.54 bits per heavy atom. The van der Waals surface area contributed by atoms with Gasteiger partial charge < -0.3 is 10.2 Å². The van der Waals surface area contributed by atoms with Crippen LogP contribution >= 0.6 is 27.3 Å². The minimum atomic E-state index is 0.340. The Balaban J connectivity index is 2.35. The summed E-state index contributed by atoms with van der Waals surface area (Å²) in [5.41, 5.74) is 6.23. The van der Waals surface area contributed by atoms with Crippen LogP contribution in [0, 0.1) is 0 Å². The zero-order valence-electron chi connectivity index (χ0n) is 6.66. The molecule has 0 saturated carbocycles. The van der Waals surface area contributed by atoms with Crippen molar-refractivity contribution in [2.24, 2.45) is 5.73 Å². The molecule has 68 valence electrons. The summed E-state index contributed by atoms with van der Waals surface area (Å²) in [4.78, 5) is 5.29. The van der Waals surface area contributed by atoms with Gasteiger partial charge >= 0.3 is 0 Å². The average molecular weight is 259 g/mol. The normalized spacial score (nSPS) is 10.6. The van der Waals surface area contributed by atoms with Crippen LogP contribution in [0.1, 0.15) is 5.89 Å². The number of nitrogens with zero attached hydrogens (tertiary/aromatic N) is 1. The Labute approximate surface area is 87.7 Å². The van der Waals surface area contributed by atoms with Gasteiger partial charge in [-0.25, -0.2) is 4.98 Å². The van der Waals surface area contributed by atoms with Crippen LogP contribution in [0.2, 0.25) is 0 Å². The molecule has 0 atom stereocenters. The third-order valence-electron chi connectivity index (χ3n) is 1.55. The first-order valence-electron chi connectivity index (χ1n) is 3.70. The van der Waals surface area contributed by atoms with Crippen molar-refractivity contribution in [3.05, 3.63) is 28.1 Å². The number of hydrogen-bond donors (Lipinski definition) is 1. The summed E-state index contributed by atoms with van der Waals surface area (Å²) in [7, 11) is 0. The summed E-state index contributed by atoms with van der Waals surface area (Å²) in [6, 6.07) is 3.98. The zero-order chi connectivity index (χ0) is 9.26. The fourth-order valence-electron chi connectivity index (χ4n) is 0.970. The number of hydrogen-bond acceptors (Lipinski definition) is 4. The quantitative estimate of drug-likeness (QED) is 0.901. The smallest absolute Gasteiger partial charge is 0.208 e. The van der Waals surface area contributed by atoms with Gasteiger partial charge in [0.25, 0.3) is 0 Å². The summed E-state index contributed by atoms with van der Waals surface area (Å²) < 4.78 is 6.22. The second-order valence-electron chi connectivity index (χ2n) is 2.43. The summed E-state index contributed by atoms with van der Waals surface area (Å²) in [6.07, 6.45) is 1.63. The maximum absolute atomic E-state index is 5.38. The molecule has 3 nitrogen and oxygen atoms in total. The lowest BCUT2D eigenvalue weighted by atomic mass is 10.4. The van der Waals surface area contributed by atoms with Gasteiger partial charge in [-0.3, -0.25) is 0 Å². The minimum absolute atomic E-state index is 0.340. The highest BCUT2D eigenvalue weighted by atomic mass is 79.9. The first-order chi connectivity index (χ1) is 6.29. The largest absolute Gasteiger partial charge is 0.447 e. The van der Waals surface area contributed by atoms with Crippen molar-refractivity contribution < 1.29 is 4.42 Å². The van der Waals surface area contributed by atoms with E-state index in [0.29, 0.717) is 12.4 Å². The van der Waals surface area contributed by atoms with Gasteiger partial charge in [-0.1, -0.05) is 0 Å². The maximum Gasteiger partial charge on any atom is 0.208 e. The summed E-state index contributed by atoms with van der Waals surface area (Å²) in [6.45, 7) is 0.340. The summed E-state index contributed by atoms with van der Waals surface area (Å²) in [5, 5.41) is 0. The van der Waals surface area contributed by atoms with Gasteiger partial charge in [0, 0.05) is 0 Å². The van der Waals surface area contributed by atoms with Crippen molar-refractivity contribution in [2.75, 3.05) is 0 Å². The molecule has 0 aliphatic rings. The molecule has 0 radical (unpaired) electrons. The molecule has 0 aliphatic heterocycles. The van der Waals surface area contributed by atoms with E-state index in [1.807, 2.05) is 12.1 Å². The molecule has 0 bridgehead atoms. The van der Waals surface area contributed by atoms with Crippen molar-refractivity contribution in [3.8, 4) is 10.6 Å². The average Bonchev–Trinajstić information content (AvgIpc) is 2.71. The van der Waals surface area contributed by atoms with Crippen LogP contribution in [0.5, 0.6) is 0 Å². The second kappa shape index (κ2) is 3.61. The van der Waals surface area contributed by atoms with Gasteiger partial charge in [-0.05, 0) is 28.1 Å². The minimum Gasteiger partial charge on any atom is -0.447 e. The monoisotopic (exact) mass is 258 g/mol. The highest BCUT2D eigenvalue weighted by molar-refractivity contribution is 9.11. The molecule has 13 heavy (non-hydrogen) atoms. The molecule has 2 N–H and O–H groups in total. The molecule has 2 aromatic heterocycles. The van der Waals surface area contributed by atoms with Gasteiger partial charge in [0.15, 0.2) is 0 Å². The van der Waals surface area contributed by atoms with Crippen molar-refractivity contribution in [1.29, 1.82) is 0 Å². The van der Waals surface area contributed by atoms with Gasteiger partial charge in [0.05, 0.1) is 15.2 Å². The van der Waals surface area contributed by atoms with E-state index < -0.39 is 0 Å². The number of rotatable bonds is 2. The lowest BCUT2D eigenvalue weighted by Gasteiger charge is -1.84. The van der Waals surface area contributed by atoms with Crippen molar-refractivity contribution in [2.45, 2.75) is 6.54 Å². The Kier molecular flexibility index (Phi) is 2.48. The van der Waals surface area contributed by atoms with E-state index in [0.717, 1.165) is 14.4 Å². The molecular formula is C8H7BrN2OS. The number of oxazole rings is 1. The van der Waals surface area contributed by atoms with Crippen LogP contribution in [0.15, 0.2) is 26.6 Å². The van der Waals surface area contributed by atoms with Crippen molar-refractivity contribution >= 4 is 27.3 Å². The van der Waals surface area contributed by atoms with Crippen LogP contribution in [-0.4, -0.2) is 4.98 Å². The van der Waals surface area contributed by atoms with Gasteiger partial charge in [-0.15, -0.1) is 11.3 Å². The molecule has 2 rings (SSSR count). The van der Waals surface area contributed by atoms with Crippen LogP contribution < -0.4 is 5.73 Å². The SMILES string of the molecule is NCc1nc(-c2ccc(Br)s2)co1. The fraction of sp³-hybridized carbons (Fsp3) is 0.125. The molecule has 0 unspecified atom stereocenters. The first-order valence-corrected chi connectivity index (χ1v) is 5.30. The third-order valence-corrected chi connectivity index (χ3v) is 3.20. The molecule has 2 aromatic rings. The highest BCUT2D eigenvalue weighted by Crippen LogP contribution is 2.30. The fourth-order valence-corrected chi connectivity index (χ4v) is 2.31. The third kappa shape index (κ3) is 1.82. The zero-order valence-corrected chi connectivity index (χ0v) is 9.06. The van der Waals surface area contributed by atoms with E-state index in [4.69, 9.17) is 10.2 Å². The van der Waals surface area contributed by atoms with E-state index in [1.54, 1.807) is 17.6 Å². The molecule has 0 aliphatic carbocycles. The Bertz CT molecular complexity index is 410. The van der Waals surface area contributed by atoms with E-state index in [2.05, 4.69) is 20.9 Å². The number of nitrogens with two attached hydrogens (primary N) is 1. The van der Waals surface area contributed by atoms with Crippen LogP contribution in [0.3, 0.4) is 0 Å². The Hall–Kier alpha value is -0.650. The van der Waals surface area contributed by atoms with Gasteiger partial charge in [-0.2, -0.15) is 0 Å². The van der Waals surface area contributed by atoms with E-state index in [-0.39, 0.29) is 0 Å². The topological polar surface area (TPSA) is 52.0 Å². The first kappa shape index (κ1) is 8.93. The van der Waals surface area contributed by atoms with Gasteiger partial charge in [0.2, 0.25) is 5.89 Å². The predicted molar refractivity (Wildman–Crippen MR) is 55.4 cm³/mol. The van der Waals surface area contributed by atoms with Crippen LogP contribution in [0.4, 0.5) is 0 Å². The standard InChI is InChI=1S/C8H7BrN2OS/c9-7-2-1-6(13-7)5-4-12-8(3-10)11-5/h1-2,4H,3,10H2. The number of thiophene rings is 1. The molecular weight excluding hydrogens is 252 g/mol. The predicted octanol–water partition coefficient (Wildman–Crippen LogP) is 2.62. The van der Waals surface area contributed by atoms with Crippen LogP contribution in [0.25, 0.3) is 10.6 Å². The lowest BCUT2D eigenvalue weighted by Crippen LogP contribution is -1.95. The molecule has 0 aromatic carbocycles.